The summed E-state index contributed by atoms with van der Waals surface area (Å²) in [5.74, 6) is -1.91. The second-order valence-corrected chi connectivity index (χ2v) is 3.46. The molecule has 5 heteroatoms. The van der Waals surface area contributed by atoms with E-state index in [1.165, 1.54) is 6.07 Å². The van der Waals surface area contributed by atoms with Crippen LogP contribution >= 0.6 is 0 Å². The average Bonchev–Trinajstić information content (AvgIpc) is 2.49. The van der Waals surface area contributed by atoms with Crippen molar-refractivity contribution in [2.45, 2.75) is 12.5 Å². The highest BCUT2D eigenvalue weighted by atomic mass is 19.1. The zero-order valence-corrected chi connectivity index (χ0v) is 7.91. The molecule has 0 aliphatic carbocycles. The fraction of sp³-hybridized carbons (Fsp3) is 0.300. The van der Waals surface area contributed by atoms with E-state index in [1.54, 1.807) is 0 Å². The maximum atomic E-state index is 13.3. The highest BCUT2D eigenvalue weighted by Crippen LogP contribution is 2.26. The molecule has 0 aromatic heterocycles. The lowest BCUT2D eigenvalue weighted by Crippen LogP contribution is -2.34. The quantitative estimate of drug-likeness (QED) is 0.755. The molecule has 1 atom stereocenters. The maximum absolute atomic E-state index is 13.3. The molecule has 1 aliphatic rings. The van der Waals surface area contributed by atoms with E-state index in [-0.39, 0.29) is 12.2 Å². The molecule has 80 valence electrons. The maximum Gasteiger partial charge on any atom is 0.244 e. The first-order valence-corrected chi connectivity index (χ1v) is 4.62. The topological polar surface area (TPSA) is 46.3 Å². The Labute approximate surface area is 85.5 Å². The van der Waals surface area contributed by atoms with Gasteiger partial charge in [0.25, 0.3) is 0 Å². The van der Waals surface area contributed by atoms with E-state index in [0.717, 1.165) is 17.0 Å². The number of carbonyl (C=O) groups excluding carboxylic acids is 1. The van der Waals surface area contributed by atoms with Gasteiger partial charge in [0.15, 0.2) is 0 Å². The Kier molecular flexibility index (Phi) is 2.40. The fourth-order valence-corrected chi connectivity index (χ4v) is 1.67. The monoisotopic (exact) mass is 212 g/mol. The summed E-state index contributed by atoms with van der Waals surface area (Å²) in [4.78, 5) is 12.5. The van der Waals surface area contributed by atoms with E-state index in [1.807, 2.05) is 0 Å². The van der Waals surface area contributed by atoms with E-state index in [0.29, 0.717) is 6.42 Å². The van der Waals surface area contributed by atoms with Crippen LogP contribution in [0.1, 0.15) is 6.42 Å². The van der Waals surface area contributed by atoms with Crippen LogP contribution in [0, 0.1) is 11.6 Å². The fourth-order valence-electron chi connectivity index (χ4n) is 1.67. The number of hydrogen-bond acceptors (Lipinski definition) is 2. The molecule has 0 bridgehead atoms. The molecule has 0 radical (unpaired) electrons. The van der Waals surface area contributed by atoms with Gasteiger partial charge in [-0.2, -0.15) is 0 Å². The molecule has 2 N–H and O–H groups in total. The normalized spacial score (nSPS) is 21.1. The van der Waals surface area contributed by atoms with Gasteiger partial charge in [-0.3, -0.25) is 4.79 Å². The van der Waals surface area contributed by atoms with Gasteiger partial charge in [-0.05, 0) is 18.6 Å². The predicted molar refractivity (Wildman–Crippen MR) is 51.3 cm³/mol. The zero-order valence-electron chi connectivity index (χ0n) is 7.91. The van der Waals surface area contributed by atoms with E-state index < -0.39 is 23.6 Å². The number of para-hydroxylation sites is 1. The number of halogens is 2. The van der Waals surface area contributed by atoms with Gasteiger partial charge in [-0.25, -0.2) is 8.78 Å². The van der Waals surface area contributed by atoms with Crippen LogP contribution in [0.2, 0.25) is 0 Å². The number of hydrogen-bond donors (Lipinski definition) is 1. The number of anilines is 1. The number of carbonyl (C=O) groups is 1. The first-order chi connectivity index (χ1) is 7.11. The Morgan fingerprint density at radius 2 is 1.93 bits per heavy atom. The van der Waals surface area contributed by atoms with Gasteiger partial charge in [0.1, 0.15) is 17.3 Å². The lowest BCUT2D eigenvalue weighted by atomic mass is 10.2. The summed E-state index contributed by atoms with van der Waals surface area (Å²) in [6.45, 7) is 0.262. The van der Waals surface area contributed by atoms with Gasteiger partial charge in [0, 0.05) is 6.54 Å². The Bertz CT molecular complexity index is 388. The van der Waals surface area contributed by atoms with Crippen LogP contribution in [0.3, 0.4) is 0 Å². The van der Waals surface area contributed by atoms with Gasteiger partial charge in [-0.1, -0.05) is 6.07 Å². The second kappa shape index (κ2) is 3.58. The minimum Gasteiger partial charge on any atom is -0.320 e. The Morgan fingerprint density at radius 3 is 2.40 bits per heavy atom. The summed E-state index contributed by atoms with van der Waals surface area (Å²) >= 11 is 0. The van der Waals surface area contributed by atoms with Crippen molar-refractivity contribution in [3.8, 4) is 0 Å². The van der Waals surface area contributed by atoms with E-state index in [2.05, 4.69) is 0 Å². The van der Waals surface area contributed by atoms with Crippen LogP contribution in [0.5, 0.6) is 0 Å². The molecule has 1 fully saturated rings. The molecular formula is C10H10F2N2O. The Hall–Kier alpha value is -1.49. The van der Waals surface area contributed by atoms with Crippen LogP contribution in [0.15, 0.2) is 18.2 Å². The van der Waals surface area contributed by atoms with Crippen molar-refractivity contribution in [3.05, 3.63) is 29.8 Å². The lowest BCUT2D eigenvalue weighted by molar-refractivity contribution is -0.118. The molecule has 0 saturated carbocycles. The van der Waals surface area contributed by atoms with Crippen LogP contribution in [0.4, 0.5) is 14.5 Å². The third-order valence-electron chi connectivity index (χ3n) is 2.45. The van der Waals surface area contributed by atoms with E-state index in [9.17, 15) is 13.6 Å². The van der Waals surface area contributed by atoms with Crippen molar-refractivity contribution in [3.63, 3.8) is 0 Å². The van der Waals surface area contributed by atoms with Crippen molar-refractivity contribution >= 4 is 11.6 Å². The molecule has 1 saturated heterocycles. The van der Waals surface area contributed by atoms with E-state index >= 15 is 0 Å². The standard InChI is InChI=1S/C10H10F2N2O/c11-6-2-1-3-7(12)9(6)14-5-4-8(13)10(14)15/h1-3,8H,4-5,13H2/t8-/m0/s1. The first kappa shape index (κ1) is 10.0. The molecule has 2 rings (SSSR count). The van der Waals surface area contributed by atoms with Crippen LogP contribution in [0.25, 0.3) is 0 Å². The smallest absolute Gasteiger partial charge is 0.244 e. The van der Waals surface area contributed by atoms with Crippen molar-refractivity contribution in [1.82, 2.24) is 0 Å². The number of benzene rings is 1. The van der Waals surface area contributed by atoms with Gasteiger partial charge >= 0.3 is 0 Å². The molecule has 0 spiro atoms. The van der Waals surface area contributed by atoms with Crippen molar-refractivity contribution in [1.29, 1.82) is 0 Å². The molecule has 1 heterocycles. The highest BCUT2D eigenvalue weighted by Gasteiger charge is 2.32. The third kappa shape index (κ3) is 1.59. The summed E-state index contributed by atoms with van der Waals surface area (Å²) in [5.41, 5.74) is 5.17. The van der Waals surface area contributed by atoms with Gasteiger partial charge in [0.05, 0.1) is 6.04 Å². The summed E-state index contributed by atoms with van der Waals surface area (Å²) in [6, 6.07) is 2.85. The SMILES string of the molecule is N[C@H]1CCN(c2c(F)cccc2F)C1=O. The van der Waals surface area contributed by atoms with Crippen molar-refractivity contribution < 1.29 is 13.6 Å². The Balaban J connectivity index is 2.42. The first-order valence-electron chi connectivity index (χ1n) is 4.62. The molecule has 15 heavy (non-hydrogen) atoms. The highest BCUT2D eigenvalue weighted by molar-refractivity contribution is 5.99. The number of amides is 1. The average molecular weight is 212 g/mol. The predicted octanol–water partition coefficient (Wildman–Crippen LogP) is 1.03. The molecule has 3 nitrogen and oxygen atoms in total. The largest absolute Gasteiger partial charge is 0.320 e. The second-order valence-electron chi connectivity index (χ2n) is 3.46. The Morgan fingerprint density at radius 1 is 1.33 bits per heavy atom. The zero-order chi connectivity index (χ0) is 11.0. The molecule has 1 amide bonds. The number of nitrogens with zero attached hydrogens (tertiary/aromatic N) is 1. The number of nitrogens with two attached hydrogens (primary N) is 1. The summed E-state index contributed by atoms with van der Waals surface area (Å²) in [5, 5.41) is 0. The van der Waals surface area contributed by atoms with Gasteiger partial charge < -0.3 is 10.6 Å². The van der Waals surface area contributed by atoms with Crippen LogP contribution in [-0.2, 0) is 4.79 Å². The summed E-state index contributed by atoms with van der Waals surface area (Å²) in [6.07, 6.45) is 0.423. The summed E-state index contributed by atoms with van der Waals surface area (Å²) < 4.78 is 26.7. The van der Waals surface area contributed by atoms with Crippen LogP contribution < -0.4 is 10.6 Å². The van der Waals surface area contributed by atoms with Crippen LogP contribution in [-0.4, -0.2) is 18.5 Å². The van der Waals surface area contributed by atoms with Crippen molar-refractivity contribution in [2.75, 3.05) is 11.4 Å². The number of rotatable bonds is 1. The van der Waals surface area contributed by atoms with Gasteiger partial charge in [-0.15, -0.1) is 0 Å². The lowest BCUT2D eigenvalue weighted by Gasteiger charge is -2.17. The molecule has 1 aromatic carbocycles. The molecule has 1 aliphatic heterocycles. The third-order valence-corrected chi connectivity index (χ3v) is 2.45. The minimum atomic E-state index is -0.738. The minimum absolute atomic E-state index is 0.262. The molecular weight excluding hydrogens is 202 g/mol. The summed E-state index contributed by atoms with van der Waals surface area (Å²) in [7, 11) is 0. The van der Waals surface area contributed by atoms with Crippen molar-refractivity contribution in [2.24, 2.45) is 5.73 Å². The molecule has 0 unspecified atom stereocenters. The van der Waals surface area contributed by atoms with Gasteiger partial charge in [0.2, 0.25) is 5.91 Å². The van der Waals surface area contributed by atoms with E-state index in [4.69, 9.17) is 5.73 Å². The molecule has 1 aromatic rings.